The van der Waals surface area contributed by atoms with Crippen molar-refractivity contribution in [3.63, 3.8) is 0 Å². The molecule has 1 saturated heterocycles. The largest absolute Gasteiger partial charge is 0.355 e. The highest BCUT2D eigenvalue weighted by Gasteiger charge is 2.17. The summed E-state index contributed by atoms with van der Waals surface area (Å²) >= 11 is 11.8. The van der Waals surface area contributed by atoms with Gasteiger partial charge in [0.25, 0.3) is 0 Å². The number of amides is 1. The second-order valence-corrected chi connectivity index (χ2v) is 5.08. The predicted molar refractivity (Wildman–Crippen MR) is 76.8 cm³/mol. The first-order valence-corrected chi connectivity index (χ1v) is 6.32. The van der Waals surface area contributed by atoms with E-state index >= 15 is 0 Å². The third-order valence-electron chi connectivity index (χ3n) is 2.82. The van der Waals surface area contributed by atoms with E-state index in [1.165, 1.54) is 0 Å². The molecule has 18 heavy (non-hydrogen) atoms. The van der Waals surface area contributed by atoms with Crippen LogP contribution in [0.1, 0.15) is 5.56 Å². The molecule has 0 radical (unpaired) electrons. The standard InChI is InChI=1S/C12H14Cl2N2O.ClH/c13-10-2-1-9(11(14)4-10)3-12(17)16-7-8-5-15-6-8;/h1-2,4,8,15H,3,5-7H2,(H,16,17);1H. The molecule has 1 aromatic carbocycles. The van der Waals surface area contributed by atoms with Crippen LogP contribution in [0.25, 0.3) is 0 Å². The fourth-order valence-corrected chi connectivity index (χ4v) is 2.13. The molecule has 1 amide bonds. The van der Waals surface area contributed by atoms with Crippen LogP contribution in [0, 0.1) is 5.92 Å². The summed E-state index contributed by atoms with van der Waals surface area (Å²) in [6.45, 7) is 2.71. The highest BCUT2D eigenvalue weighted by Crippen LogP contribution is 2.21. The van der Waals surface area contributed by atoms with Crippen LogP contribution in [0.5, 0.6) is 0 Å². The van der Waals surface area contributed by atoms with Gasteiger partial charge in [0.2, 0.25) is 5.91 Å². The first kappa shape index (κ1) is 15.6. The Hall–Kier alpha value is -0.480. The summed E-state index contributed by atoms with van der Waals surface area (Å²) in [5.41, 5.74) is 0.806. The van der Waals surface area contributed by atoms with E-state index in [2.05, 4.69) is 10.6 Å². The lowest BCUT2D eigenvalue weighted by atomic mass is 10.0. The van der Waals surface area contributed by atoms with E-state index in [0.717, 1.165) is 25.2 Å². The lowest BCUT2D eigenvalue weighted by molar-refractivity contribution is -0.120. The SMILES string of the molecule is Cl.O=C(Cc1ccc(Cl)cc1Cl)NCC1CNC1. The number of halogens is 3. The normalized spacial score (nSPS) is 14.6. The third-order valence-corrected chi connectivity index (χ3v) is 3.41. The summed E-state index contributed by atoms with van der Waals surface area (Å²) in [6, 6.07) is 5.18. The minimum absolute atomic E-state index is 0. The molecule has 3 nitrogen and oxygen atoms in total. The van der Waals surface area contributed by atoms with Crippen LogP contribution in [-0.2, 0) is 11.2 Å². The molecule has 1 aliphatic rings. The van der Waals surface area contributed by atoms with Gasteiger partial charge in [-0.15, -0.1) is 12.4 Å². The molecule has 0 spiro atoms. The Morgan fingerprint density at radius 3 is 2.67 bits per heavy atom. The molecule has 0 aromatic heterocycles. The lowest BCUT2D eigenvalue weighted by Crippen LogP contribution is -2.48. The van der Waals surface area contributed by atoms with E-state index in [9.17, 15) is 4.79 Å². The van der Waals surface area contributed by atoms with Crippen molar-refractivity contribution in [3.05, 3.63) is 33.8 Å². The number of carbonyl (C=O) groups excluding carboxylic acids is 1. The summed E-state index contributed by atoms with van der Waals surface area (Å²) in [4.78, 5) is 11.7. The van der Waals surface area contributed by atoms with Crippen LogP contribution in [0.2, 0.25) is 10.0 Å². The summed E-state index contributed by atoms with van der Waals surface area (Å²) in [5.74, 6) is 0.570. The smallest absolute Gasteiger partial charge is 0.224 e. The van der Waals surface area contributed by atoms with Crippen LogP contribution in [0.4, 0.5) is 0 Å². The Bertz CT molecular complexity index is 422. The summed E-state index contributed by atoms with van der Waals surface area (Å²) in [5, 5.41) is 7.19. The Morgan fingerprint density at radius 1 is 1.39 bits per heavy atom. The molecule has 6 heteroatoms. The topological polar surface area (TPSA) is 41.1 Å². The van der Waals surface area contributed by atoms with E-state index in [0.29, 0.717) is 22.4 Å². The van der Waals surface area contributed by atoms with Gasteiger partial charge in [0.05, 0.1) is 6.42 Å². The molecular weight excluding hydrogens is 295 g/mol. The van der Waals surface area contributed by atoms with Crippen molar-refractivity contribution in [1.29, 1.82) is 0 Å². The van der Waals surface area contributed by atoms with Crippen molar-refractivity contribution in [2.75, 3.05) is 19.6 Å². The Labute approximate surface area is 123 Å². The molecule has 0 aliphatic carbocycles. The van der Waals surface area contributed by atoms with Gasteiger partial charge in [-0.05, 0) is 17.7 Å². The number of nitrogens with one attached hydrogen (secondary N) is 2. The molecule has 0 unspecified atom stereocenters. The first-order chi connectivity index (χ1) is 8.15. The van der Waals surface area contributed by atoms with Gasteiger partial charge in [-0.3, -0.25) is 4.79 Å². The quantitative estimate of drug-likeness (QED) is 0.896. The van der Waals surface area contributed by atoms with E-state index in [1.54, 1.807) is 18.2 Å². The number of rotatable bonds is 4. The second kappa shape index (κ2) is 7.19. The maximum Gasteiger partial charge on any atom is 0.224 e. The predicted octanol–water partition coefficient (Wildman–Crippen LogP) is 2.29. The van der Waals surface area contributed by atoms with Gasteiger partial charge >= 0.3 is 0 Å². The van der Waals surface area contributed by atoms with Crippen LogP contribution in [0.3, 0.4) is 0 Å². The minimum Gasteiger partial charge on any atom is -0.355 e. The molecule has 1 aliphatic heterocycles. The molecule has 2 N–H and O–H groups in total. The van der Waals surface area contributed by atoms with Crippen molar-refractivity contribution in [3.8, 4) is 0 Å². The molecule has 1 aromatic rings. The van der Waals surface area contributed by atoms with Gasteiger partial charge in [-0.25, -0.2) is 0 Å². The average Bonchev–Trinajstić information content (AvgIpc) is 2.20. The molecule has 100 valence electrons. The van der Waals surface area contributed by atoms with Gasteiger partial charge in [0.1, 0.15) is 0 Å². The summed E-state index contributed by atoms with van der Waals surface area (Å²) < 4.78 is 0. The van der Waals surface area contributed by atoms with Crippen molar-refractivity contribution in [1.82, 2.24) is 10.6 Å². The van der Waals surface area contributed by atoms with E-state index in [-0.39, 0.29) is 18.3 Å². The number of benzene rings is 1. The van der Waals surface area contributed by atoms with Gasteiger partial charge in [-0.2, -0.15) is 0 Å². The monoisotopic (exact) mass is 308 g/mol. The van der Waals surface area contributed by atoms with Crippen molar-refractivity contribution in [2.24, 2.45) is 5.92 Å². The Kier molecular flexibility index (Phi) is 6.22. The van der Waals surface area contributed by atoms with E-state index < -0.39 is 0 Å². The molecular formula is C12H15Cl3N2O. The molecule has 0 bridgehead atoms. The zero-order valence-electron chi connectivity index (χ0n) is 9.71. The van der Waals surface area contributed by atoms with Crippen molar-refractivity contribution in [2.45, 2.75) is 6.42 Å². The van der Waals surface area contributed by atoms with Gasteiger partial charge in [-0.1, -0.05) is 29.3 Å². The number of carbonyl (C=O) groups is 1. The average molecular weight is 310 g/mol. The minimum atomic E-state index is 0. The van der Waals surface area contributed by atoms with Crippen molar-refractivity contribution < 1.29 is 4.79 Å². The zero-order valence-corrected chi connectivity index (χ0v) is 12.0. The summed E-state index contributed by atoms with van der Waals surface area (Å²) in [7, 11) is 0. The fourth-order valence-electron chi connectivity index (χ4n) is 1.65. The van der Waals surface area contributed by atoms with Crippen LogP contribution >= 0.6 is 35.6 Å². The first-order valence-electron chi connectivity index (χ1n) is 5.56. The second-order valence-electron chi connectivity index (χ2n) is 4.24. The van der Waals surface area contributed by atoms with E-state index in [4.69, 9.17) is 23.2 Å². The van der Waals surface area contributed by atoms with Gasteiger partial charge < -0.3 is 10.6 Å². The fraction of sp³-hybridized carbons (Fsp3) is 0.417. The van der Waals surface area contributed by atoms with E-state index in [1.807, 2.05) is 0 Å². The maximum absolute atomic E-state index is 11.7. The van der Waals surface area contributed by atoms with Crippen LogP contribution in [0.15, 0.2) is 18.2 Å². The van der Waals surface area contributed by atoms with Gasteiger partial charge in [0, 0.05) is 35.6 Å². The molecule has 1 heterocycles. The van der Waals surface area contributed by atoms with Crippen LogP contribution in [-0.4, -0.2) is 25.5 Å². The molecule has 2 rings (SSSR count). The molecule has 1 fully saturated rings. The third kappa shape index (κ3) is 4.32. The number of hydrogen-bond acceptors (Lipinski definition) is 2. The lowest BCUT2D eigenvalue weighted by Gasteiger charge is -2.27. The zero-order chi connectivity index (χ0) is 12.3. The number of hydrogen-bond donors (Lipinski definition) is 2. The summed E-state index contributed by atoms with van der Waals surface area (Å²) in [6.07, 6.45) is 0.302. The maximum atomic E-state index is 11.7. The molecule has 0 atom stereocenters. The molecule has 0 saturated carbocycles. The van der Waals surface area contributed by atoms with Crippen molar-refractivity contribution >= 4 is 41.5 Å². The van der Waals surface area contributed by atoms with Gasteiger partial charge in [0.15, 0.2) is 0 Å². The Morgan fingerprint density at radius 2 is 2.11 bits per heavy atom. The highest BCUT2D eigenvalue weighted by molar-refractivity contribution is 6.35. The Balaban J connectivity index is 0.00000162. The highest BCUT2D eigenvalue weighted by atomic mass is 35.5. The van der Waals surface area contributed by atoms with Crippen LogP contribution < -0.4 is 10.6 Å².